The van der Waals surface area contributed by atoms with Crippen LogP contribution in [-0.4, -0.2) is 4.98 Å². The third-order valence-electron chi connectivity index (χ3n) is 2.24. The molecule has 0 unspecified atom stereocenters. The van der Waals surface area contributed by atoms with Gasteiger partial charge in [0.15, 0.2) is 0 Å². The average Bonchev–Trinajstić information content (AvgIpc) is 2.25. The third-order valence-corrected chi connectivity index (χ3v) is 3.32. The van der Waals surface area contributed by atoms with Crippen LogP contribution >= 0.6 is 34.8 Å². The fourth-order valence-corrected chi connectivity index (χ4v) is 2.34. The van der Waals surface area contributed by atoms with Crippen molar-refractivity contribution in [3.8, 4) is 6.07 Å². The maximum Gasteiger partial charge on any atom is 0.141 e. The normalized spacial score (nSPS) is 10.4. The number of rotatable bonds is 0. The van der Waals surface area contributed by atoms with Crippen molar-refractivity contribution in [1.29, 1.82) is 5.26 Å². The highest BCUT2D eigenvalue weighted by molar-refractivity contribution is 6.47. The Bertz CT molecular complexity index is 629. The first-order valence-electron chi connectivity index (χ1n) is 4.39. The van der Waals surface area contributed by atoms with Gasteiger partial charge in [-0.15, -0.1) is 0 Å². The summed E-state index contributed by atoms with van der Waals surface area (Å²) >= 11 is 18.0. The van der Waals surface area contributed by atoms with Gasteiger partial charge in [-0.1, -0.05) is 34.8 Å². The molecular weight excluding hydrogens is 266 g/mol. The number of nitrogens with zero attached hydrogens (tertiary/aromatic N) is 2. The lowest BCUT2D eigenvalue weighted by molar-refractivity contribution is 1.30. The van der Waals surface area contributed by atoms with Crippen LogP contribution in [0.25, 0.3) is 10.9 Å². The second-order valence-electron chi connectivity index (χ2n) is 3.31. The second-order valence-corrected chi connectivity index (χ2v) is 4.51. The Labute approximate surface area is 107 Å². The van der Waals surface area contributed by atoms with E-state index in [0.717, 1.165) is 5.56 Å². The first-order valence-corrected chi connectivity index (χ1v) is 5.53. The van der Waals surface area contributed by atoms with Gasteiger partial charge in [-0.25, -0.2) is 4.98 Å². The molecule has 2 rings (SSSR count). The second kappa shape index (κ2) is 4.10. The largest absolute Gasteiger partial charge is 0.235 e. The molecule has 80 valence electrons. The lowest BCUT2D eigenvalue weighted by Gasteiger charge is -2.07. The van der Waals surface area contributed by atoms with Crippen LogP contribution in [0.3, 0.4) is 0 Å². The molecule has 1 heterocycles. The molecule has 0 bridgehead atoms. The molecule has 0 fully saturated rings. The van der Waals surface area contributed by atoms with E-state index in [4.69, 9.17) is 40.1 Å². The first kappa shape index (κ1) is 11.5. The van der Waals surface area contributed by atoms with E-state index >= 15 is 0 Å². The van der Waals surface area contributed by atoms with E-state index in [1.165, 1.54) is 6.07 Å². The smallest absolute Gasteiger partial charge is 0.141 e. The summed E-state index contributed by atoms with van der Waals surface area (Å²) in [5.74, 6) is 0. The minimum atomic E-state index is 0.310. The van der Waals surface area contributed by atoms with Gasteiger partial charge in [-0.2, -0.15) is 5.26 Å². The van der Waals surface area contributed by atoms with E-state index in [1.54, 1.807) is 6.07 Å². The number of pyridine rings is 1. The fourth-order valence-electron chi connectivity index (χ4n) is 1.54. The number of halogens is 3. The van der Waals surface area contributed by atoms with Crippen LogP contribution in [0.1, 0.15) is 11.3 Å². The molecule has 16 heavy (non-hydrogen) atoms. The number of hydrogen-bond donors (Lipinski definition) is 0. The summed E-state index contributed by atoms with van der Waals surface area (Å²) < 4.78 is 0. The quantitative estimate of drug-likeness (QED) is 0.667. The molecule has 0 spiro atoms. The van der Waals surface area contributed by atoms with Crippen LogP contribution in [0.2, 0.25) is 15.1 Å². The molecule has 0 aliphatic rings. The molecule has 0 saturated carbocycles. The van der Waals surface area contributed by atoms with Crippen molar-refractivity contribution >= 4 is 45.7 Å². The van der Waals surface area contributed by atoms with Gasteiger partial charge in [-0.05, 0) is 24.6 Å². The summed E-state index contributed by atoms with van der Waals surface area (Å²) in [6.45, 7) is 1.84. The number of aryl methyl sites for hydroxylation is 1. The zero-order valence-electron chi connectivity index (χ0n) is 8.18. The Morgan fingerprint density at radius 2 is 1.88 bits per heavy atom. The van der Waals surface area contributed by atoms with Crippen molar-refractivity contribution in [3.63, 3.8) is 0 Å². The molecule has 0 atom stereocenters. The predicted molar refractivity (Wildman–Crippen MR) is 66.2 cm³/mol. The number of hydrogen-bond acceptors (Lipinski definition) is 2. The summed E-state index contributed by atoms with van der Waals surface area (Å²) in [5, 5.41) is 10.7. The molecule has 0 N–H and O–H groups in total. The first-order chi connectivity index (χ1) is 7.54. The van der Waals surface area contributed by atoms with Crippen molar-refractivity contribution in [2.24, 2.45) is 0 Å². The highest BCUT2D eigenvalue weighted by Gasteiger charge is 2.13. The van der Waals surface area contributed by atoms with Crippen LogP contribution in [0.5, 0.6) is 0 Å². The maximum absolute atomic E-state index is 8.82. The van der Waals surface area contributed by atoms with Gasteiger partial charge < -0.3 is 0 Å². The summed E-state index contributed by atoms with van der Waals surface area (Å²) in [5.41, 5.74) is 1.65. The third kappa shape index (κ3) is 1.72. The van der Waals surface area contributed by atoms with E-state index in [-0.39, 0.29) is 0 Å². The Balaban J connectivity index is 3.01. The van der Waals surface area contributed by atoms with E-state index < -0.39 is 0 Å². The van der Waals surface area contributed by atoms with Crippen molar-refractivity contribution < 1.29 is 0 Å². The van der Waals surface area contributed by atoms with Crippen LogP contribution in [0, 0.1) is 18.3 Å². The van der Waals surface area contributed by atoms with Crippen LogP contribution in [0.4, 0.5) is 0 Å². The minimum Gasteiger partial charge on any atom is -0.235 e. The highest BCUT2D eigenvalue weighted by atomic mass is 35.5. The zero-order chi connectivity index (χ0) is 11.9. The molecule has 2 nitrogen and oxygen atoms in total. The molecule has 0 aliphatic carbocycles. The molecule has 0 aliphatic heterocycles. The fraction of sp³-hybridized carbons (Fsp3) is 0.0909. The van der Waals surface area contributed by atoms with E-state index in [2.05, 4.69) is 4.98 Å². The minimum absolute atomic E-state index is 0.310. The molecule has 2 aromatic rings. The van der Waals surface area contributed by atoms with Gasteiger partial charge in [-0.3, -0.25) is 0 Å². The molecule has 5 heteroatoms. The lowest BCUT2D eigenvalue weighted by atomic mass is 10.1. The molecule has 0 amide bonds. The Morgan fingerprint density at radius 1 is 1.19 bits per heavy atom. The highest BCUT2D eigenvalue weighted by Crippen LogP contribution is 2.36. The van der Waals surface area contributed by atoms with Gasteiger partial charge >= 0.3 is 0 Å². The summed E-state index contributed by atoms with van der Waals surface area (Å²) in [6, 6.07) is 5.16. The van der Waals surface area contributed by atoms with Crippen molar-refractivity contribution in [3.05, 3.63) is 38.5 Å². The van der Waals surface area contributed by atoms with Crippen LogP contribution < -0.4 is 0 Å². The molecule has 0 radical (unpaired) electrons. The van der Waals surface area contributed by atoms with Crippen molar-refractivity contribution in [1.82, 2.24) is 4.98 Å². The van der Waals surface area contributed by atoms with Crippen LogP contribution in [0.15, 0.2) is 12.1 Å². The summed E-state index contributed by atoms with van der Waals surface area (Å²) in [7, 11) is 0. The Hall–Kier alpha value is -1.01. The van der Waals surface area contributed by atoms with Crippen molar-refractivity contribution in [2.75, 3.05) is 0 Å². The Kier molecular flexibility index (Phi) is 2.94. The zero-order valence-corrected chi connectivity index (χ0v) is 10.5. The lowest BCUT2D eigenvalue weighted by Crippen LogP contribution is -1.90. The number of nitriles is 1. The van der Waals surface area contributed by atoms with E-state index in [1.807, 2.05) is 13.0 Å². The monoisotopic (exact) mass is 270 g/mol. The van der Waals surface area contributed by atoms with E-state index in [9.17, 15) is 0 Å². The number of benzene rings is 1. The van der Waals surface area contributed by atoms with Gasteiger partial charge in [0.2, 0.25) is 0 Å². The SMILES string of the molecule is Cc1cc(C#N)nc2c(Cl)cc(Cl)c(Cl)c12. The Morgan fingerprint density at radius 3 is 2.50 bits per heavy atom. The van der Waals surface area contributed by atoms with Gasteiger partial charge in [0.1, 0.15) is 11.8 Å². The average molecular weight is 272 g/mol. The van der Waals surface area contributed by atoms with Gasteiger partial charge in [0.05, 0.1) is 20.6 Å². The van der Waals surface area contributed by atoms with Gasteiger partial charge in [0, 0.05) is 5.39 Å². The molecule has 1 aromatic heterocycles. The standard InChI is InChI=1S/C11H5Cl3N2/c1-5-2-6(4-15)16-11-8(13)3-7(12)10(14)9(5)11/h2-3H,1H3. The van der Waals surface area contributed by atoms with Gasteiger partial charge in [0.25, 0.3) is 0 Å². The summed E-state index contributed by atoms with van der Waals surface area (Å²) in [6.07, 6.45) is 0. The molecular formula is C11H5Cl3N2. The van der Waals surface area contributed by atoms with Crippen molar-refractivity contribution in [2.45, 2.75) is 6.92 Å². The number of fused-ring (bicyclic) bond motifs is 1. The van der Waals surface area contributed by atoms with Crippen LogP contribution in [-0.2, 0) is 0 Å². The molecule has 0 saturated heterocycles. The predicted octanol–water partition coefficient (Wildman–Crippen LogP) is 4.38. The topological polar surface area (TPSA) is 36.7 Å². The summed E-state index contributed by atoms with van der Waals surface area (Å²) in [4.78, 5) is 4.12. The number of aromatic nitrogens is 1. The van der Waals surface area contributed by atoms with E-state index in [0.29, 0.717) is 31.7 Å². The molecule has 1 aromatic carbocycles. The maximum atomic E-state index is 8.82.